The van der Waals surface area contributed by atoms with Crippen LogP contribution in [0.1, 0.15) is 21.5 Å². The lowest BCUT2D eigenvalue weighted by atomic mass is 10.1. The van der Waals surface area contributed by atoms with Crippen LogP contribution >= 0.6 is 0 Å². The molecule has 0 aliphatic heterocycles. The second-order valence-corrected chi connectivity index (χ2v) is 6.58. The molecule has 0 radical (unpaired) electrons. The van der Waals surface area contributed by atoms with Gasteiger partial charge in [0.15, 0.2) is 5.78 Å². The zero-order valence-corrected chi connectivity index (χ0v) is 17.0. The van der Waals surface area contributed by atoms with Crippen molar-refractivity contribution in [3.63, 3.8) is 0 Å². The van der Waals surface area contributed by atoms with Gasteiger partial charge in [0.1, 0.15) is 18.1 Å². The molecule has 0 amide bonds. The first kappa shape index (κ1) is 22.2. The number of nitro benzene ring substituents is 2. The van der Waals surface area contributed by atoms with Gasteiger partial charge in [-0.1, -0.05) is 24.3 Å². The molecule has 0 aliphatic carbocycles. The van der Waals surface area contributed by atoms with E-state index in [0.29, 0.717) is 22.6 Å². The van der Waals surface area contributed by atoms with Gasteiger partial charge in [0.2, 0.25) is 0 Å². The average Bonchev–Trinajstić information content (AvgIpc) is 2.81. The molecule has 9 nitrogen and oxygen atoms in total. The fourth-order valence-corrected chi connectivity index (χ4v) is 2.94. The topological polar surface area (TPSA) is 122 Å². The van der Waals surface area contributed by atoms with E-state index >= 15 is 0 Å². The van der Waals surface area contributed by atoms with E-state index in [4.69, 9.17) is 9.47 Å². The maximum Gasteiger partial charge on any atom is 0.280 e. The first-order valence-electron chi connectivity index (χ1n) is 9.39. The molecule has 0 saturated heterocycles. The number of rotatable bonds is 9. The van der Waals surface area contributed by atoms with Crippen LogP contribution < -0.4 is 9.47 Å². The number of nitrogens with zero attached hydrogens (tertiary/aromatic N) is 2. The van der Waals surface area contributed by atoms with Crippen LogP contribution in [0.15, 0.2) is 72.8 Å². The van der Waals surface area contributed by atoms with Crippen LogP contribution in [0.2, 0.25) is 0 Å². The number of ether oxygens (including phenoxy) is 2. The number of nitro groups is 2. The van der Waals surface area contributed by atoms with E-state index in [1.807, 2.05) is 0 Å². The molecular formula is C23H18N2O7. The summed E-state index contributed by atoms with van der Waals surface area (Å²) in [4.78, 5) is 33.2. The fraction of sp³-hybridized carbons (Fsp3) is 0.0870. The summed E-state index contributed by atoms with van der Waals surface area (Å²) in [5.41, 5.74) is 1.06. The zero-order chi connectivity index (χ0) is 23.1. The fourth-order valence-electron chi connectivity index (χ4n) is 2.94. The molecule has 0 unspecified atom stereocenters. The molecule has 162 valence electrons. The number of allylic oxidation sites excluding steroid dienone is 1. The minimum Gasteiger partial charge on any atom is -0.496 e. The summed E-state index contributed by atoms with van der Waals surface area (Å²) < 4.78 is 11.0. The largest absolute Gasteiger partial charge is 0.496 e. The standard InChI is InChI=1S/C23H18N2O7/c1-31-23-13-7-16(6-12-22(26)20-4-2-3-5-21(20)25(29)30)14-17(23)15-32-19-10-8-18(9-11-19)24(27)28/h2-14H,15H2,1H3/b12-6+. The Bertz CT molecular complexity index is 1190. The lowest BCUT2D eigenvalue weighted by molar-refractivity contribution is -0.385. The van der Waals surface area contributed by atoms with Crippen molar-refractivity contribution in [3.8, 4) is 11.5 Å². The molecule has 3 aromatic carbocycles. The van der Waals surface area contributed by atoms with Gasteiger partial charge >= 0.3 is 0 Å². The number of methoxy groups -OCH3 is 1. The van der Waals surface area contributed by atoms with E-state index in [2.05, 4.69) is 0 Å². The lowest BCUT2D eigenvalue weighted by Crippen LogP contribution is -2.01. The molecule has 9 heteroatoms. The van der Waals surface area contributed by atoms with Crippen molar-refractivity contribution in [3.05, 3.63) is 110 Å². The van der Waals surface area contributed by atoms with Gasteiger partial charge in [-0.3, -0.25) is 25.0 Å². The summed E-state index contributed by atoms with van der Waals surface area (Å²) in [5.74, 6) is 0.524. The Morgan fingerprint density at radius 2 is 1.69 bits per heavy atom. The molecular weight excluding hydrogens is 416 g/mol. The molecule has 0 aromatic heterocycles. The zero-order valence-electron chi connectivity index (χ0n) is 17.0. The maximum atomic E-state index is 12.4. The molecule has 0 aliphatic rings. The van der Waals surface area contributed by atoms with E-state index in [0.717, 1.165) is 0 Å². The highest BCUT2D eigenvalue weighted by Gasteiger charge is 2.17. The quantitative estimate of drug-likeness (QED) is 0.201. The average molecular weight is 434 g/mol. The van der Waals surface area contributed by atoms with Crippen molar-refractivity contribution in [2.45, 2.75) is 6.61 Å². The molecule has 0 saturated carbocycles. The van der Waals surface area contributed by atoms with Crippen LogP contribution in [0.4, 0.5) is 11.4 Å². The maximum absolute atomic E-state index is 12.4. The van der Waals surface area contributed by atoms with Crippen LogP contribution in [0, 0.1) is 20.2 Å². The Morgan fingerprint density at radius 1 is 0.969 bits per heavy atom. The monoisotopic (exact) mass is 434 g/mol. The Labute approximate surface area is 182 Å². The molecule has 0 N–H and O–H groups in total. The predicted octanol–water partition coefficient (Wildman–Crippen LogP) is 4.99. The Kier molecular flexibility index (Phi) is 6.92. The number of hydrogen-bond acceptors (Lipinski definition) is 7. The van der Waals surface area contributed by atoms with Gasteiger partial charge < -0.3 is 9.47 Å². The van der Waals surface area contributed by atoms with Gasteiger partial charge in [0.25, 0.3) is 11.4 Å². The van der Waals surface area contributed by atoms with Crippen molar-refractivity contribution in [2.75, 3.05) is 7.11 Å². The second kappa shape index (κ2) is 9.98. The first-order valence-corrected chi connectivity index (χ1v) is 9.39. The number of ketones is 1. The van der Waals surface area contributed by atoms with E-state index in [1.165, 1.54) is 55.7 Å². The molecule has 3 aromatic rings. The third-order valence-corrected chi connectivity index (χ3v) is 4.54. The normalized spacial score (nSPS) is 10.7. The number of carbonyl (C=O) groups is 1. The number of carbonyl (C=O) groups excluding carboxylic acids is 1. The summed E-state index contributed by atoms with van der Waals surface area (Å²) in [7, 11) is 1.51. The van der Waals surface area contributed by atoms with Crippen LogP contribution in [-0.4, -0.2) is 22.7 Å². The summed E-state index contributed by atoms with van der Waals surface area (Å²) >= 11 is 0. The molecule has 0 spiro atoms. The minimum absolute atomic E-state index is 0.00369. The highest BCUT2D eigenvalue weighted by molar-refractivity contribution is 6.09. The van der Waals surface area contributed by atoms with Gasteiger partial charge in [-0.05, 0) is 42.0 Å². The Hall–Kier alpha value is -4.53. The minimum atomic E-state index is -0.595. The van der Waals surface area contributed by atoms with Gasteiger partial charge in [-0.15, -0.1) is 0 Å². The van der Waals surface area contributed by atoms with E-state index in [1.54, 1.807) is 30.3 Å². The number of para-hydroxylation sites is 1. The van der Waals surface area contributed by atoms with E-state index < -0.39 is 15.6 Å². The van der Waals surface area contributed by atoms with Gasteiger partial charge in [0.05, 0.1) is 22.5 Å². The lowest BCUT2D eigenvalue weighted by Gasteiger charge is -2.11. The van der Waals surface area contributed by atoms with E-state index in [9.17, 15) is 25.0 Å². The molecule has 0 bridgehead atoms. The first-order chi connectivity index (χ1) is 15.4. The summed E-state index contributed by atoms with van der Waals surface area (Å²) in [6, 6.07) is 16.6. The number of hydrogen-bond donors (Lipinski definition) is 0. The Morgan fingerprint density at radius 3 is 2.34 bits per heavy atom. The van der Waals surface area contributed by atoms with Gasteiger partial charge in [-0.25, -0.2) is 0 Å². The Balaban J connectivity index is 1.76. The van der Waals surface area contributed by atoms with Crippen molar-refractivity contribution in [2.24, 2.45) is 0 Å². The summed E-state index contributed by atoms with van der Waals surface area (Å²) in [6.07, 6.45) is 2.82. The van der Waals surface area contributed by atoms with Crippen molar-refractivity contribution < 1.29 is 24.1 Å². The number of non-ortho nitro benzene ring substituents is 1. The third-order valence-electron chi connectivity index (χ3n) is 4.54. The van der Waals surface area contributed by atoms with Gasteiger partial charge in [-0.2, -0.15) is 0 Å². The smallest absolute Gasteiger partial charge is 0.280 e. The SMILES string of the molecule is COc1ccc(/C=C/C(=O)c2ccccc2[N+](=O)[O-])cc1COc1ccc([N+](=O)[O-])cc1. The highest BCUT2D eigenvalue weighted by atomic mass is 16.6. The molecule has 0 atom stereocenters. The van der Waals surface area contributed by atoms with Crippen molar-refractivity contribution in [1.29, 1.82) is 0 Å². The van der Waals surface area contributed by atoms with Crippen molar-refractivity contribution in [1.82, 2.24) is 0 Å². The molecule has 32 heavy (non-hydrogen) atoms. The third kappa shape index (κ3) is 5.33. The van der Waals surface area contributed by atoms with Crippen LogP contribution in [0.5, 0.6) is 11.5 Å². The van der Waals surface area contributed by atoms with Crippen molar-refractivity contribution >= 4 is 23.2 Å². The number of benzene rings is 3. The molecule has 0 fully saturated rings. The van der Waals surface area contributed by atoms with Gasteiger partial charge in [0, 0.05) is 23.8 Å². The summed E-state index contributed by atoms with van der Waals surface area (Å²) in [5, 5.41) is 21.9. The van der Waals surface area contributed by atoms with Crippen LogP contribution in [0.25, 0.3) is 6.08 Å². The van der Waals surface area contributed by atoms with Crippen LogP contribution in [0.3, 0.4) is 0 Å². The molecule has 0 heterocycles. The molecule has 3 rings (SSSR count). The van der Waals surface area contributed by atoms with E-state index in [-0.39, 0.29) is 23.5 Å². The second-order valence-electron chi connectivity index (χ2n) is 6.58. The van der Waals surface area contributed by atoms with Crippen LogP contribution in [-0.2, 0) is 6.61 Å². The predicted molar refractivity (Wildman–Crippen MR) is 117 cm³/mol. The summed E-state index contributed by atoms with van der Waals surface area (Å²) in [6.45, 7) is 0.126. The highest BCUT2D eigenvalue weighted by Crippen LogP contribution is 2.25.